The average molecular weight is 358 g/mol. The van der Waals surface area contributed by atoms with E-state index >= 15 is 0 Å². The van der Waals surface area contributed by atoms with Crippen molar-refractivity contribution in [1.29, 1.82) is 0 Å². The molecule has 1 N–H and O–H groups in total. The molecular formula is C17H18N4O3S. The molecule has 25 heavy (non-hydrogen) atoms. The van der Waals surface area contributed by atoms with Crippen molar-refractivity contribution in [2.75, 3.05) is 6.54 Å². The van der Waals surface area contributed by atoms with Crippen LogP contribution in [0.25, 0.3) is 11.3 Å². The fourth-order valence-corrected chi connectivity index (χ4v) is 4.97. The molecule has 130 valence electrons. The number of nitrogens with zero attached hydrogens (tertiary/aromatic N) is 3. The van der Waals surface area contributed by atoms with E-state index in [1.165, 1.54) is 0 Å². The molecular weight excluding hydrogens is 340 g/mol. The number of aromatic amines is 1. The summed E-state index contributed by atoms with van der Waals surface area (Å²) < 4.78 is 33.0. The molecule has 2 aromatic heterocycles. The molecule has 0 bridgehead atoms. The minimum Gasteiger partial charge on any atom is -0.356 e. The van der Waals surface area contributed by atoms with Crippen molar-refractivity contribution in [3.63, 3.8) is 0 Å². The van der Waals surface area contributed by atoms with Crippen LogP contribution in [0.1, 0.15) is 30.3 Å². The molecule has 1 saturated heterocycles. The summed E-state index contributed by atoms with van der Waals surface area (Å²) in [7, 11) is -3.57. The van der Waals surface area contributed by atoms with Gasteiger partial charge in [0.25, 0.3) is 0 Å². The maximum Gasteiger partial charge on any atom is 0.243 e. The molecule has 1 atom stereocenters. The molecule has 0 radical (unpaired) electrons. The Kier molecular flexibility index (Phi) is 3.93. The van der Waals surface area contributed by atoms with Crippen molar-refractivity contribution >= 4 is 10.0 Å². The summed E-state index contributed by atoms with van der Waals surface area (Å²) >= 11 is 0. The molecule has 1 aromatic carbocycles. The molecule has 1 aliphatic rings. The Morgan fingerprint density at radius 1 is 1.28 bits per heavy atom. The van der Waals surface area contributed by atoms with Crippen LogP contribution in [0.4, 0.5) is 0 Å². The van der Waals surface area contributed by atoms with Gasteiger partial charge >= 0.3 is 0 Å². The van der Waals surface area contributed by atoms with Crippen LogP contribution in [-0.2, 0) is 10.0 Å². The van der Waals surface area contributed by atoms with Gasteiger partial charge in [-0.05, 0) is 31.9 Å². The van der Waals surface area contributed by atoms with E-state index in [-0.39, 0.29) is 6.04 Å². The van der Waals surface area contributed by atoms with Gasteiger partial charge in [-0.25, -0.2) is 8.42 Å². The fraction of sp³-hybridized carbons (Fsp3) is 0.294. The predicted molar refractivity (Wildman–Crippen MR) is 91.1 cm³/mol. The van der Waals surface area contributed by atoms with Gasteiger partial charge in [0.2, 0.25) is 10.0 Å². The monoisotopic (exact) mass is 358 g/mol. The molecule has 1 fully saturated rings. The third-order valence-corrected chi connectivity index (χ3v) is 6.37. The van der Waals surface area contributed by atoms with Crippen LogP contribution in [0.15, 0.2) is 52.0 Å². The predicted octanol–water partition coefficient (Wildman–Crippen LogP) is 2.90. The van der Waals surface area contributed by atoms with E-state index in [2.05, 4.69) is 15.4 Å². The SMILES string of the molecule is Cc1cc(-c2cn[nH]c2[C@H]2CCCN2S(=O)(=O)c2ccccc2)on1. The minimum atomic E-state index is -3.57. The van der Waals surface area contributed by atoms with Gasteiger partial charge in [-0.3, -0.25) is 5.10 Å². The number of aromatic nitrogens is 3. The maximum absolute atomic E-state index is 13.0. The highest BCUT2D eigenvalue weighted by atomic mass is 32.2. The Labute approximate surface area is 145 Å². The van der Waals surface area contributed by atoms with Crippen molar-refractivity contribution in [3.8, 4) is 11.3 Å². The molecule has 0 saturated carbocycles. The number of rotatable bonds is 4. The van der Waals surface area contributed by atoms with Crippen molar-refractivity contribution in [2.24, 2.45) is 0 Å². The zero-order valence-corrected chi connectivity index (χ0v) is 14.5. The first-order valence-electron chi connectivity index (χ1n) is 8.11. The number of hydrogen-bond acceptors (Lipinski definition) is 5. The number of nitrogens with one attached hydrogen (secondary N) is 1. The smallest absolute Gasteiger partial charge is 0.243 e. The van der Waals surface area contributed by atoms with Crippen molar-refractivity contribution in [3.05, 3.63) is 54.0 Å². The van der Waals surface area contributed by atoms with Crippen LogP contribution < -0.4 is 0 Å². The Morgan fingerprint density at radius 2 is 2.08 bits per heavy atom. The van der Waals surface area contributed by atoms with Crippen LogP contribution in [0.3, 0.4) is 0 Å². The topological polar surface area (TPSA) is 92.1 Å². The fourth-order valence-electron chi connectivity index (χ4n) is 3.28. The third kappa shape index (κ3) is 2.77. The Hall–Kier alpha value is -2.45. The first kappa shape index (κ1) is 16.0. The standard InChI is InChI=1S/C17H18N4O3S/c1-12-10-16(24-20-12)14-11-18-19-17(14)15-8-5-9-21(15)25(22,23)13-6-3-2-4-7-13/h2-4,6-7,10-11,15H,5,8-9H2,1H3,(H,18,19)/t15-/m1/s1. The van der Waals surface area contributed by atoms with E-state index in [9.17, 15) is 8.42 Å². The van der Waals surface area contributed by atoms with E-state index in [0.717, 1.165) is 29.8 Å². The molecule has 0 spiro atoms. The third-order valence-electron chi connectivity index (χ3n) is 4.45. The zero-order valence-electron chi connectivity index (χ0n) is 13.7. The van der Waals surface area contributed by atoms with E-state index in [1.54, 1.807) is 40.8 Å². The van der Waals surface area contributed by atoms with Gasteiger partial charge in [0.1, 0.15) is 0 Å². The molecule has 3 aromatic rings. The second-order valence-electron chi connectivity index (χ2n) is 6.12. The minimum absolute atomic E-state index is 0.298. The highest BCUT2D eigenvalue weighted by molar-refractivity contribution is 7.89. The van der Waals surface area contributed by atoms with Crippen molar-refractivity contribution < 1.29 is 12.9 Å². The van der Waals surface area contributed by atoms with Gasteiger partial charge < -0.3 is 4.52 Å². The summed E-state index contributed by atoms with van der Waals surface area (Å²) in [5, 5.41) is 11.0. The highest BCUT2D eigenvalue weighted by Crippen LogP contribution is 2.39. The maximum atomic E-state index is 13.0. The second-order valence-corrected chi connectivity index (χ2v) is 8.01. The number of sulfonamides is 1. The lowest BCUT2D eigenvalue weighted by Gasteiger charge is -2.23. The summed E-state index contributed by atoms with van der Waals surface area (Å²) in [6, 6.07) is 10.0. The van der Waals surface area contributed by atoms with Crippen molar-refractivity contribution in [2.45, 2.75) is 30.7 Å². The molecule has 4 rings (SSSR count). The van der Waals surface area contributed by atoms with E-state index in [0.29, 0.717) is 17.2 Å². The Morgan fingerprint density at radius 3 is 2.80 bits per heavy atom. The number of hydrogen-bond donors (Lipinski definition) is 1. The summed E-state index contributed by atoms with van der Waals surface area (Å²) in [5.41, 5.74) is 2.26. The Balaban J connectivity index is 1.73. The van der Waals surface area contributed by atoms with Crippen molar-refractivity contribution in [1.82, 2.24) is 19.7 Å². The summed E-state index contributed by atoms with van der Waals surface area (Å²) in [4.78, 5) is 0.304. The lowest BCUT2D eigenvalue weighted by atomic mass is 10.1. The van der Waals surface area contributed by atoms with Gasteiger partial charge in [0, 0.05) is 12.6 Å². The Bertz CT molecular complexity index is 978. The van der Waals surface area contributed by atoms with Gasteiger partial charge in [-0.1, -0.05) is 23.4 Å². The molecule has 8 heteroatoms. The molecule has 0 amide bonds. The van der Waals surface area contributed by atoms with E-state index in [1.807, 2.05) is 13.0 Å². The summed E-state index contributed by atoms with van der Waals surface area (Å²) in [5.74, 6) is 0.588. The quantitative estimate of drug-likeness (QED) is 0.774. The molecule has 7 nitrogen and oxygen atoms in total. The normalized spacial score (nSPS) is 18.7. The molecule has 0 aliphatic carbocycles. The largest absolute Gasteiger partial charge is 0.356 e. The van der Waals surface area contributed by atoms with E-state index in [4.69, 9.17) is 4.52 Å². The van der Waals surface area contributed by atoms with Gasteiger partial charge in [0.15, 0.2) is 5.76 Å². The first-order chi connectivity index (χ1) is 12.1. The van der Waals surface area contributed by atoms with Gasteiger partial charge in [-0.15, -0.1) is 0 Å². The number of aryl methyl sites for hydroxylation is 1. The zero-order chi connectivity index (χ0) is 17.4. The average Bonchev–Trinajstić information content (AvgIpc) is 3.34. The van der Waals surface area contributed by atoms with Crippen LogP contribution in [-0.4, -0.2) is 34.6 Å². The molecule has 1 aliphatic heterocycles. The van der Waals surface area contributed by atoms with E-state index < -0.39 is 10.0 Å². The second kappa shape index (κ2) is 6.12. The lowest BCUT2D eigenvalue weighted by molar-refractivity contribution is 0.388. The van der Waals surface area contributed by atoms with Gasteiger partial charge in [0.05, 0.1) is 34.1 Å². The van der Waals surface area contributed by atoms with Crippen LogP contribution in [0.5, 0.6) is 0 Å². The van der Waals surface area contributed by atoms with Crippen LogP contribution >= 0.6 is 0 Å². The van der Waals surface area contributed by atoms with Gasteiger partial charge in [-0.2, -0.15) is 9.40 Å². The number of benzene rings is 1. The van der Waals surface area contributed by atoms with Crippen LogP contribution in [0, 0.1) is 6.92 Å². The summed E-state index contributed by atoms with van der Waals surface area (Å²) in [6.45, 7) is 2.32. The first-order valence-corrected chi connectivity index (χ1v) is 9.55. The van der Waals surface area contributed by atoms with Crippen LogP contribution in [0.2, 0.25) is 0 Å². The number of H-pyrrole nitrogens is 1. The molecule has 0 unspecified atom stereocenters. The summed E-state index contributed by atoms with van der Waals surface area (Å²) in [6.07, 6.45) is 3.18. The molecule has 3 heterocycles. The lowest BCUT2D eigenvalue weighted by Crippen LogP contribution is -2.31. The highest BCUT2D eigenvalue weighted by Gasteiger charge is 2.38.